The number of ether oxygens (including phenoxy) is 1. The smallest absolute Gasteiger partial charge is 0.317 e. The number of carboxylic acid groups (broad SMARTS) is 1. The number of aliphatic carboxylic acids is 1. The molecule has 6 heteroatoms. The van der Waals surface area contributed by atoms with E-state index in [1.54, 1.807) is 12.1 Å². The van der Waals surface area contributed by atoms with Crippen molar-refractivity contribution in [2.24, 2.45) is 0 Å². The number of nitrogens with zero attached hydrogens (tertiary/aromatic N) is 2. The molecule has 2 aromatic rings. The molecule has 1 aliphatic rings. The van der Waals surface area contributed by atoms with Crippen LogP contribution in [-0.4, -0.2) is 66.8 Å². The Morgan fingerprint density at radius 2 is 1.56 bits per heavy atom. The quantitative estimate of drug-likeness (QED) is 0.772. The van der Waals surface area contributed by atoms with Gasteiger partial charge >= 0.3 is 5.97 Å². The summed E-state index contributed by atoms with van der Waals surface area (Å²) in [4.78, 5) is 15.0. The van der Waals surface area contributed by atoms with Gasteiger partial charge in [0.25, 0.3) is 0 Å². The van der Waals surface area contributed by atoms with Crippen LogP contribution in [0.15, 0.2) is 54.6 Å². The minimum atomic E-state index is -0.781. The number of hydrogen-bond acceptors (Lipinski definition) is 4. The van der Waals surface area contributed by atoms with Gasteiger partial charge in [0.1, 0.15) is 11.9 Å². The number of carbonyl (C=O) groups is 1. The third-order valence-corrected chi connectivity index (χ3v) is 4.79. The Morgan fingerprint density at radius 3 is 2.19 bits per heavy atom. The van der Waals surface area contributed by atoms with E-state index in [9.17, 15) is 9.18 Å². The maximum Gasteiger partial charge on any atom is 0.317 e. The van der Waals surface area contributed by atoms with Crippen molar-refractivity contribution in [2.45, 2.75) is 6.10 Å². The van der Waals surface area contributed by atoms with E-state index >= 15 is 0 Å². The van der Waals surface area contributed by atoms with Crippen LogP contribution >= 0.6 is 0 Å². The summed E-state index contributed by atoms with van der Waals surface area (Å²) in [7, 11) is 0. The maximum atomic E-state index is 13.3. The van der Waals surface area contributed by atoms with Gasteiger partial charge in [0, 0.05) is 32.7 Å². The first-order valence-electron chi connectivity index (χ1n) is 9.20. The van der Waals surface area contributed by atoms with E-state index in [1.807, 2.05) is 35.2 Å². The lowest BCUT2D eigenvalue weighted by Crippen LogP contribution is -2.48. The van der Waals surface area contributed by atoms with Gasteiger partial charge in [-0.2, -0.15) is 0 Å². The van der Waals surface area contributed by atoms with Crippen LogP contribution in [0.4, 0.5) is 4.39 Å². The van der Waals surface area contributed by atoms with Crippen LogP contribution in [0, 0.1) is 5.82 Å². The first-order chi connectivity index (χ1) is 13.1. The van der Waals surface area contributed by atoms with Crippen molar-refractivity contribution in [1.82, 2.24) is 9.80 Å². The van der Waals surface area contributed by atoms with Crippen LogP contribution < -0.4 is 0 Å². The minimum absolute atomic E-state index is 0.102. The average Bonchev–Trinajstić information content (AvgIpc) is 2.68. The van der Waals surface area contributed by atoms with E-state index in [-0.39, 0.29) is 18.5 Å². The van der Waals surface area contributed by atoms with E-state index in [0.717, 1.165) is 43.9 Å². The Kier molecular flexibility index (Phi) is 6.92. The zero-order valence-corrected chi connectivity index (χ0v) is 15.3. The van der Waals surface area contributed by atoms with Crippen molar-refractivity contribution in [2.75, 3.05) is 45.9 Å². The van der Waals surface area contributed by atoms with Gasteiger partial charge in [-0.15, -0.1) is 0 Å². The SMILES string of the molecule is O=C(O)CN1CCN(CCOC(c2ccccc2)c2ccc(F)cc2)CC1. The number of piperazine rings is 1. The molecule has 1 unspecified atom stereocenters. The minimum Gasteiger partial charge on any atom is -0.480 e. The Bertz CT molecular complexity index is 716. The molecule has 1 N–H and O–H groups in total. The van der Waals surface area contributed by atoms with Crippen LogP contribution in [0.2, 0.25) is 0 Å². The maximum absolute atomic E-state index is 13.3. The Balaban J connectivity index is 1.55. The van der Waals surface area contributed by atoms with Crippen LogP contribution in [-0.2, 0) is 9.53 Å². The normalized spacial score (nSPS) is 16.9. The molecule has 0 bridgehead atoms. The van der Waals surface area contributed by atoms with Gasteiger partial charge in [0.05, 0.1) is 13.2 Å². The zero-order valence-electron chi connectivity index (χ0n) is 15.3. The van der Waals surface area contributed by atoms with Gasteiger partial charge < -0.3 is 9.84 Å². The molecule has 1 heterocycles. The molecular formula is C21H25FN2O3. The van der Waals surface area contributed by atoms with E-state index < -0.39 is 5.97 Å². The third-order valence-electron chi connectivity index (χ3n) is 4.79. The molecule has 0 aromatic heterocycles. The number of benzene rings is 2. The van der Waals surface area contributed by atoms with E-state index in [4.69, 9.17) is 9.84 Å². The fraction of sp³-hybridized carbons (Fsp3) is 0.381. The predicted molar refractivity (Wildman–Crippen MR) is 101 cm³/mol. The average molecular weight is 372 g/mol. The molecule has 0 spiro atoms. The molecule has 1 aliphatic heterocycles. The van der Waals surface area contributed by atoms with Crippen molar-refractivity contribution in [1.29, 1.82) is 0 Å². The highest BCUT2D eigenvalue weighted by molar-refractivity contribution is 5.69. The summed E-state index contributed by atoms with van der Waals surface area (Å²) < 4.78 is 19.4. The topological polar surface area (TPSA) is 53.0 Å². The molecule has 1 saturated heterocycles. The van der Waals surface area contributed by atoms with E-state index in [0.29, 0.717) is 6.61 Å². The highest BCUT2D eigenvalue weighted by atomic mass is 19.1. The molecule has 0 aliphatic carbocycles. The van der Waals surface area contributed by atoms with Crippen LogP contribution in [0.3, 0.4) is 0 Å². The van der Waals surface area contributed by atoms with Gasteiger partial charge in [-0.25, -0.2) is 4.39 Å². The van der Waals surface area contributed by atoms with Crippen LogP contribution in [0.5, 0.6) is 0 Å². The monoisotopic (exact) mass is 372 g/mol. The van der Waals surface area contributed by atoms with Gasteiger partial charge in [-0.05, 0) is 23.3 Å². The first kappa shape index (κ1) is 19.5. The summed E-state index contributed by atoms with van der Waals surface area (Å²) >= 11 is 0. The Labute approximate surface area is 159 Å². The van der Waals surface area contributed by atoms with Crippen molar-refractivity contribution in [3.63, 3.8) is 0 Å². The molecule has 0 amide bonds. The standard InChI is InChI=1S/C21H25FN2O3/c22-19-8-6-18(7-9-19)21(17-4-2-1-3-5-17)27-15-14-23-10-12-24(13-11-23)16-20(25)26/h1-9,21H,10-16H2,(H,25,26). The number of rotatable bonds is 8. The Morgan fingerprint density at radius 1 is 0.963 bits per heavy atom. The summed E-state index contributed by atoms with van der Waals surface area (Å²) in [5.41, 5.74) is 1.96. The molecule has 3 rings (SSSR count). The summed E-state index contributed by atoms with van der Waals surface area (Å²) in [5, 5.41) is 8.87. The summed E-state index contributed by atoms with van der Waals surface area (Å²) in [6.07, 6.45) is -0.236. The van der Waals surface area contributed by atoms with Gasteiger partial charge in [0.15, 0.2) is 0 Å². The number of carboxylic acids is 1. The lowest BCUT2D eigenvalue weighted by atomic mass is 10.0. The fourth-order valence-electron chi connectivity index (χ4n) is 3.31. The molecule has 1 atom stereocenters. The Hall–Kier alpha value is -2.28. The van der Waals surface area contributed by atoms with E-state index in [1.165, 1.54) is 12.1 Å². The van der Waals surface area contributed by atoms with Crippen LogP contribution in [0.25, 0.3) is 0 Å². The molecule has 5 nitrogen and oxygen atoms in total. The zero-order chi connectivity index (χ0) is 19.1. The first-order valence-corrected chi connectivity index (χ1v) is 9.20. The van der Waals surface area contributed by atoms with Gasteiger partial charge in [-0.1, -0.05) is 42.5 Å². The third kappa shape index (κ3) is 5.85. The second kappa shape index (κ2) is 9.60. The lowest BCUT2D eigenvalue weighted by molar-refractivity contribution is -0.138. The highest BCUT2D eigenvalue weighted by Crippen LogP contribution is 2.26. The molecule has 1 fully saturated rings. The van der Waals surface area contributed by atoms with Crippen molar-refractivity contribution in [3.05, 3.63) is 71.5 Å². The van der Waals surface area contributed by atoms with Crippen LogP contribution in [0.1, 0.15) is 17.2 Å². The number of halogens is 1. The lowest BCUT2D eigenvalue weighted by Gasteiger charge is -2.34. The molecule has 2 aromatic carbocycles. The molecule has 0 saturated carbocycles. The molecule has 144 valence electrons. The van der Waals surface area contributed by atoms with Gasteiger partial charge in [0.2, 0.25) is 0 Å². The van der Waals surface area contributed by atoms with Crippen molar-refractivity contribution >= 4 is 5.97 Å². The van der Waals surface area contributed by atoms with E-state index in [2.05, 4.69) is 4.90 Å². The second-order valence-corrected chi connectivity index (χ2v) is 6.72. The predicted octanol–water partition coefficient (Wildman–Crippen LogP) is 2.63. The van der Waals surface area contributed by atoms with Crippen molar-refractivity contribution < 1.29 is 19.0 Å². The molecule has 27 heavy (non-hydrogen) atoms. The second-order valence-electron chi connectivity index (χ2n) is 6.72. The van der Waals surface area contributed by atoms with Gasteiger partial charge in [-0.3, -0.25) is 14.6 Å². The fourth-order valence-corrected chi connectivity index (χ4v) is 3.31. The summed E-state index contributed by atoms with van der Waals surface area (Å²) in [6, 6.07) is 16.4. The van der Waals surface area contributed by atoms with Crippen molar-refractivity contribution in [3.8, 4) is 0 Å². The summed E-state index contributed by atoms with van der Waals surface area (Å²) in [6.45, 7) is 4.62. The highest BCUT2D eigenvalue weighted by Gasteiger charge is 2.20. The molecule has 0 radical (unpaired) electrons. The number of hydrogen-bond donors (Lipinski definition) is 1. The largest absolute Gasteiger partial charge is 0.480 e. The summed E-state index contributed by atoms with van der Waals surface area (Å²) in [5.74, 6) is -1.04. The molecular weight excluding hydrogens is 347 g/mol.